The van der Waals surface area contributed by atoms with Crippen LogP contribution in [0.4, 0.5) is 13.2 Å². The number of alkyl halides is 3. The van der Waals surface area contributed by atoms with Gasteiger partial charge in [0.05, 0.1) is 6.04 Å². The maximum atomic E-state index is 13.7. The summed E-state index contributed by atoms with van der Waals surface area (Å²) in [5.41, 5.74) is 1.49. The number of likely N-dealkylation sites (N-methyl/N-ethyl adjacent to an activating group) is 1. The number of amides is 3. The van der Waals surface area contributed by atoms with Crippen molar-refractivity contribution in [3.05, 3.63) is 65.7 Å². The Morgan fingerprint density at radius 2 is 1.74 bits per heavy atom. The van der Waals surface area contributed by atoms with Crippen LogP contribution in [0.25, 0.3) is 0 Å². The molecule has 0 aromatic heterocycles. The molecule has 0 aliphatic carbocycles. The van der Waals surface area contributed by atoms with E-state index in [-0.39, 0.29) is 31.7 Å². The summed E-state index contributed by atoms with van der Waals surface area (Å²) in [6.45, 7) is 1.54. The van der Waals surface area contributed by atoms with Crippen molar-refractivity contribution in [2.24, 2.45) is 0 Å². The second-order valence-electron chi connectivity index (χ2n) is 9.75. The lowest BCUT2D eigenvalue weighted by atomic mass is 10.0. The van der Waals surface area contributed by atoms with Crippen molar-refractivity contribution in [2.45, 2.75) is 56.9 Å². The van der Waals surface area contributed by atoms with Gasteiger partial charge in [-0.3, -0.25) is 14.4 Å². The van der Waals surface area contributed by atoms with Crippen molar-refractivity contribution >= 4 is 17.7 Å². The zero-order valence-electron chi connectivity index (χ0n) is 22.1. The van der Waals surface area contributed by atoms with Crippen molar-refractivity contribution in [3.63, 3.8) is 0 Å². The summed E-state index contributed by atoms with van der Waals surface area (Å²) >= 11 is 0. The van der Waals surface area contributed by atoms with Crippen LogP contribution in [0, 0.1) is 0 Å². The molecule has 0 spiro atoms. The van der Waals surface area contributed by atoms with Gasteiger partial charge in [0.1, 0.15) is 11.8 Å². The zero-order chi connectivity index (χ0) is 28.6. The SMILES string of the molecule is CN[C@@H](C)C(=O)N[C@@H](Cc1ccc(O)cc1)C(=O)N1CCC[C@H]1CN(CCc1ccccc1)C(=O)C(F)(F)F. The highest BCUT2D eigenvalue weighted by Gasteiger charge is 2.44. The fourth-order valence-electron chi connectivity index (χ4n) is 4.63. The van der Waals surface area contributed by atoms with Crippen molar-refractivity contribution in [3.8, 4) is 5.75 Å². The zero-order valence-corrected chi connectivity index (χ0v) is 22.1. The van der Waals surface area contributed by atoms with E-state index in [0.717, 1.165) is 10.5 Å². The molecule has 11 heteroatoms. The highest BCUT2D eigenvalue weighted by molar-refractivity contribution is 5.90. The van der Waals surface area contributed by atoms with Gasteiger partial charge in [0.25, 0.3) is 0 Å². The molecule has 212 valence electrons. The average molecular weight is 549 g/mol. The highest BCUT2D eigenvalue weighted by Crippen LogP contribution is 2.24. The van der Waals surface area contributed by atoms with E-state index in [2.05, 4.69) is 10.6 Å². The summed E-state index contributed by atoms with van der Waals surface area (Å²) in [6, 6.07) is 13.0. The predicted octanol–water partition coefficient (Wildman–Crippen LogP) is 2.65. The number of halogens is 3. The van der Waals surface area contributed by atoms with Crippen molar-refractivity contribution in [2.75, 3.05) is 26.7 Å². The Bertz CT molecular complexity index is 1110. The summed E-state index contributed by atoms with van der Waals surface area (Å²) in [7, 11) is 1.61. The Balaban J connectivity index is 1.79. The van der Waals surface area contributed by atoms with Crippen LogP contribution in [0.1, 0.15) is 30.9 Å². The number of hydrogen-bond donors (Lipinski definition) is 3. The molecule has 3 N–H and O–H groups in total. The Morgan fingerprint density at radius 1 is 1.08 bits per heavy atom. The number of likely N-dealkylation sites (tertiary alicyclic amines) is 1. The number of phenols is 1. The number of phenolic OH excluding ortho intramolecular Hbond substituents is 1. The number of carbonyl (C=O) groups is 3. The third-order valence-electron chi connectivity index (χ3n) is 6.95. The molecule has 0 radical (unpaired) electrons. The molecule has 2 aromatic carbocycles. The van der Waals surface area contributed by atoms with E-state index in [0.29, 0.717) is 24.9 Å². The van der Waals surface area contributed by atoms with Crippen molar-refractivity contribution < 1.29 is 32.7 Å². The van der Waals surface area contributed by atoms with Crippen LogP contribution in [0.3, 0.4) is 0 Å². The molecule has 1 fully saturated rings. The van der Waals surface area contributed by atoms with Crippen LogP contribution in [0.2, 0.25) is 0 Å². The number of carbonyl (C=O) groups excluding carboxylic acids is 3. The fourth-order valence-corrected chi connectivity index (χ4v) is 4.63. The van der Waals surface area contributed by atoms with Gasteiger partial charge in [0, 0.05) is 32.1 Å². The number of benzene rings is 2. The van der Waals surface area contributed by atoms with E-state index in [1.807, 2.05) is 0 Å². The first-order chi connectivity index (χ1) is 18.5. The average Bonchev–Trinajstić information content (AvgIpc) is 3.38. The van der Waals surface area contributed by atoms with Crippen LogP contribution in [0.5, 0.6) is 5.75 Å². The van der Waals surface area contributed by atoms with Gasteiger partial charge < -0.3 is 25.5 Å². The third kappa shape index (κ3) is 8.44. The molecule has 8 nitrogen and oxygen atoms in total. The second kappa shape index (κ2) is 13.5. The first kappa shape index (κ1) is 29.9. The fraction of sp³-hybridized carbons (Fsp3) is 0.464. The predicted molar refractivity (Wildman–Crippen MR) is 140 cm³/mol. The van der Waals surface area contributed by atoms with Crippen LogP contribution in [0.15, 0.2) is 54.6 Å². The molecule has 1 heterocycles. The van der Waals surface area contributed by atoms with Gasteiger partial charge in [0.2, 0.25) is 11.8 Å². The largest absolute Gasteiger partial charge is 0.508 e. The Hall–Kier alpha value is -3.60. The van der Waals surface area contributed by atoms with Crippen LogP contribution < -0.4 is 10.6 Å². The summed E-state index contributed by atoms with van der Waals surface area (Å²) in [5.74, 6) is -2.71. The van der Waals surface area contributed by atoms with Gasteiger partial charge in [-0.2, -0.15) is 13.2 Å². The van der Waals surface area contributed by atoms with E-state index in [1.54, 1.807) is 56.4 Å². The highest BCUT2D eigenvalue weighted by atomic mass is 19.4. The van der Waals surface area contributed by atoms with Crippen molar-refractivity contribution in [1.82, 2.24) is 20.4 Å². The van der Waals surface area contributed by atoms with Gasteiger partial charge >= 0.3 is 12.1 Å². The normalized spacial score (nSPS) is 16.9. The molecule has 3 atom stereocenters. The third-order valence-corrected chi connectivity index (χ3v) is 6.95. The van der Waals surface area contributed by atoms with Gasteiger partial charge in [-0.15, -0.1) is 0 Å². The summed E-state index contributed by atoms with van der Waals surface area (Å²) in [4.78, 5) is 41.0. The molecule has 3 amide bonds. The van der Waals surface area contributed by atoms with E-state index in [4.69, 9.17) is 0 Å². The molecular formula is C28H35F3N4O4. The molecule has 3 rings (SSSR count). The van der Waals surface area contributed by atoms with E-state index >= 15 is 0 Å². The monoisotopic (exact) mass is 548 g/mol. The summed E-state index contributed by atoms with van der Waals surface area (Å²) in [6.07, 6.45) is -3.67. The molecule has 2 aromatic rings. The van der Waals surface area contributed by atoms with Crippen molar-refractivity contribution in [1.29, 1.82) is 0 Å². The number of aromatic hydroxyl groups is 1. The smallest absolute Gasteiger partial charge is 0.471 e. The first-order valence-electron chi connectivity index (χ1n) is 13.0. The molecule has 0 unspecified atom stereocenters. The number of nitrogens with one attached hydrogen (secondary N) is 2. The molecule has 1 aliphatic rings. The topological polar surface area (TPSA) is 102 Å². The van der Waals surface area contributed by atoms with Gasteiger partial charge in [0.15, 0.2) is 0 Å². The van der Waals surface area contributed by atoms with E-state index in [1.165, 1.54) is 17.0 Å². The summed E-state index contributed by atoms with van der Waals surface area (Å²) < 4.78 is 40.4. The Kier molecular flexibility index (Phi) is 10.3. The van der Waals surface area contributed by atoms with Gasteiger partial charge in [-0.05, 0) is 56.5 Å². The van der Waals surface area contributed by atoms with Crippen LogP contribution >= 0.6 is 0 Å². The van der Waals surface area contributed by atoms with Crippen LogP contribution in [-0.2, 0) is 27.2 Å². The molecule has 0 bridgehead atoms. The molecule has 1 aliphatic heterocycles. The maximum absolute atomic E-state index is 13.7. The van der Waals surface area contributed by atoms with E-state index < -0.39 is 42.0 Å². The minimum Gasteiger partial charge on any atom is -0.508 e. The second-order valence-corrected chi connectivity index (χ2v) is 9.75. The first-order valence-corrected chi connectivity index (χ1v) is 13.0. The summed E-state index contributed by atoms with van der Waals surface area (Å²) in [5, 5.41) is 15.2. The van der Waals surface area contributed by atoms with E-state index in [9.17, 15) is 32.7 Å². The number of nitrogens with zero attached hydrogens (tertiary/aromatic N) is 2. The lowest BCUT2D eigenvalue weighted by Crippen LogP contribution is -2.56. The maximum Gasteiger partial charge on any atom is 0.471 e. The standard InChI is InChI=1S/C28H35F3N4O4/c1-19(32-2)25(37)33-24(17-21-10-12-23(36)13-11-21)26(38)35-15-6-9-22(35)18-34(27(39)28(29,30)31)16-14-20-7-4-3-5-8-20/h3-5,7-8,10-13,19,22,24,32,36H,6,9,14-18H2,1-2H3,(H,33,37)/t19-,22-,24-/m0/s1. The quantitative estimate of drug-likeness (QED) is 0.401. The van der Waals surface area contributed by atoms with Crippen LogP contribution in [-0.4, -0.2) is 83.6 Å². The number of hydrogen-bond acceptors (Lipinski definition) is 5. The minimum atomic E-state index is -5.04. The number of rotatable bonds is 11. The molecule has 1 saturated heterocycles. The molecule has 0 saturated carbocycles. The minimum absolute atomic E-state index is 0.0546. The molecule has 39 heavy (non-hydrogen) atoms. The van der Waals surface area contributed by atoms with Gasteiger partial charge in [-0.25, -0.2) is 0 Å². The lowest BCUT2D eigenvalue weighted by Gasteiger charge is -2.33. The molecular weight excluding hydrogens is 513 g/mol. The lowest BCUT2D eigenvalue weighted by molar-refractivity contribution is -0.186. The Labute approximate surface area is 226 Å². The Morgan fingerprint density at radius 3 is 2.36 bits per heavy atom. The van der Waals surface area contributed by atoms with Gasteiger partial charge in [-0.1, -0.05) is 42.5 Å².